The number of carbonyl (C=O) groups is 3. The minimum Gasteiger partial charge on any atom is -0.481 e. The molecule has 3 atom stereocenters. The lowest BCUT2D eigenvalue weighted by atomic mass is 9.89. The van der Waals surface area contributed by atoms with E-state index < -0.39 is 35.8 Å². The zero-order chi connectivity index (χ0) is 16.9. The minimum atomic E-state index is -1.07. The zero-order valence-corrected chi connectivity index (χ0v) is 12.6. The first-order valence-electron chi connectivity index (χ1n) is 7.01. The lowest BCUT2D eigenvalue weighted by Crippen LogP contribution is -2.36. The maximum absolute atomic E-state index is 11.2. The highest BCUT2D eigenvalue weighted by atomic mass is 16.4. The van der Waals surface area contributed by atoms with Gasteiger partial charge in [-0.05, 0) is 18.9 Å². The molecule has 0 radical (unpaired) electrons. The van der Waals surface area contributed by atoms with Crippen LogP contribution in [-0.2, 0) is 14.4 Å². The maximum atomic E-state index is 11.2. The normalized spacial score (nSPS) is 25.2. The molecule has 0 amide bonds. The smallest absolute Gasteiger partial charge is 0.321 e. The van der Waals surface area contributed by atoms with E-state index in [-0.39, 0.29) is 6.42 Å². The van der Waals surface area contributed by atoms with E-state index in [1.807, 2.05) is 0 Å². The number of rotatable bonds is 7. The molecule has 7 heteroatoms. The Labute approximate surface area is 128 Å². The van der Waals surface area contributed by atoms with E-state index in [1.165, 1.54) is 0 Å². The number of hydrogen-bond acceptors (Lipinski definition) is 4. The molecule has 1 aliphatic rings. The fourth-order valence-corrected chi connectivity index (χ4v) is 2.47. The summed E-state index contributed by atoms with van der Waals surface area (Å²) in [7, 11) is 0. The van der Waals surface area contributed by atoms with Crippen molar-refractivity contribution in [2.24, 2.45) is 11.8 Å². The first kappa shape index (κ1) is 17.9. The molecule has 122 valence electrons. The highest BCUT2D eigenvalue weighted by Crippen LogP contribution is 2.28. The molecule has 0 spiro atoms. The Bertz CT molecular complexity index is 522. The number of carboxylic acids is 3. The predicted octanol–water partition coefficient (Wildman–Crippen LogP) is 1.12. The number of allylic oxidation sites excluding steroid dienone is 3. The summed E-state index contributed by atoms with van der Waals surface area (Å²) in [6.45, 7) is 3.69. The summed E-state index contributed by atoms with van der Waals surface area (Å²) in [5, 5.41) is 29.7. The van der Waals surface area contributed by atoms with Crippen LogP contribution in [0.1, 0.15) is 26.7 Å². The van der Waals surface area contributed by atoms with Crippen LogP contribution >= 0.6 is 0 Å². The van der Waals surface area contributed by atoms with Crippen LogP contribution in [0.3, 0.4) is 0 Å². The summed E-state index contributed by atoms with van der Waals surface area (Å²) in [5.41, 5.74) is 1.52. The highest BCUT2D eigenvalue weighted by molar-refractivity contribution is 5.78. The Kier molecular flexibility index (Phi) is 6.30. The van der Waals surface area contributed by atoms with Crippen LogP contribution in [0, 0.1) is 11.8 Å². The topological polar surface area (TPSA) is 124 Å². The number of carboxylic acid groups (broad SMARTS) is 3. The number of nitrogens with one attached hydrogen (secondary N) is 1. The van der Waals surface area contributed by atoms with Gasteiger partial charge in [-0.3, -0.25) is 14.4 Å². The van der Waals surface area contributed by atoms with Gasteiger partial charge < -0.3 is 20.6 Å². The highest BCUT2D eigenvalue weighted by Gasteiger charge is 2.38. The van der Waals surface area contributed by atoms with Gasteiger partial charge in [-0.2, -0.15) is 0 Å². The SMILES string of the molecule is CC(/C=C/CC(C)C(=O)O)=C1\CNC(C(=O)O)C1CC(=O)O. The molecule has 1 aliphatic heterocycles. The minimum absolute atomic E-state index is 0.254. The Hall–Kier alpha value is -2.15. The molecule has 0 saturated carbocycles. The van der Waals surface area contributed by atoms with Gasteiger partial charge in [-0.1, -0.05) is 24.6 Å². The van der Waals surface area contributed by atoms with Crippen molar-refractivity contribution >= 4 is 17.9 Å². The van der Waals surface area contributed by atoms with E-state index in [4.69, 9.17) is 15.3 Å². The third-order valence-electron chi connectivity index (χ3n) is 3.81. The molecular weight excluding hydrogens is 290 g/mol. The second-order valence-corrected chi connectivity index (χ2v) is 5.49. The molecule has 0 aromatic carbocycles. The van der Waals surface area contributed by atoms with Crippen molar-refractivity contribution in [3.63, 3.8) is 0 Å². The molecule has 7 nitrogen and oxygen atoms in total. The molecule has 22 heavy (non-hydrogen) atoms. The van der Waals surface area contributed by atoms with Gasteiger partial charge in [0.25, 0.3) is 0 Å². The van der Waals surface area contributed by atoms with E-state index >= 15 is 0 Å². The van der Waals surface area contributed by atoms with E-state index in [2.05, 4.69) is 5.32 Å². The largest absolute Gasteiger partial charge is 0.481 e. The summed E-state index contributed by atoms with van der Waals surface area (Å²) in [6.07, 6.45) is 3.55. The second-order valence-electron chi connectivity index (χ2n) is 5.49. The fraction of sp³-hybridized carbons (Fsp3) is 0.533. The van der Waals surface area contributed by atoms with Crippen molar-refractivity contribution in [3.8, 4) is 0 Å². The van der Waals surface area contributed by atoms with Gasteiger partial charge in [0, 0.05) is 12.5 Å². The quantitative estimate of drug-likeness (QED) is 0.555. The lowest BCUT2D eigenvalue weighted by molar-refractivity contribution is -0.142. The van der Waals surface area contributed by atoms with Crippen LogP contribution in [0.25, 0.3) is 0 Å². The third kappa shape index (κ3) is 4.70. The molecule has 0 aromatic heterocycles. The van der Waals surface area contributed by atoms with E-state index in [1.54, 1.807) is 26.0 Å². The molecule has 4 N–H and O–H groups in total. The van der Waals surface area contributed by atoms with Gasteiger partial charge in [0.1, 0.15) is 6.04 Å². The molecule has 0 aromatic rings. The van der Waals surface area contributed by atoms with Gasteiger partial charge >= 0.3 is 17.9 Å². The van der Waals surface area contributed by atoms with Gasteiger partial charge in [0.05, 0.1) is 12.3 Å². The average Bonchev–Trinajstić information content (AvgIpc) is 2.81. The van der Waals surface area contributed by atoms with E-state index in [0.29, 0.717) is 13.0 Å². The molecule has 0 aliphatic carbocycles. The first-order chi connectivity index (χ1) is 10.2. The Morgan fingerprint density at radius 3 is 2.45 bits per heavy atom. The monoisotopic (exact) mass is 311 g/mol. The maximum Gasteiger partial charge on any atom is 0.321 e. The van der Waals surface area contributed by atoms with Crippen LogP contribution in [-0.4, -0.2) is 45.8 Å². The van der Waals surface area contributed by atoms with Crippen LogP contribution in [0.5, 0.6) is 0 Å². The number of aliphatic carboxylic acids is 3. The Morgan fingerprint density at radius 2 is 1.95 bits per heavy atom. The van der Waals surface area contributed by atoms with Gasteiger partial charge in [-0.25, -0.2) is 0 Å². The summed E-state index contributed by atoms with van der Waals surface area (Å²) < 4.78 is 0. The lowest BCUT2D eigenvalue weighted by Gasteiger charge is -2.15. The average molecular weight is 311 g/mol. The van der Waals surface area contributed by atoms with Crippen molar-refractivity contribution in [2.45, 2.75) is 32.7 Å². The third-order valence-corrected chi connectivity index (χ3v) is 3.81. The molecular formula is C15H21NO6. The van der Waals surface area contributed by atoms with Crippen molar-refractivity contribution < 1.29 is 29.7 Å². The van der Waals surface area contributed by atoms with E-state index in [9.17, 15) is 14.4 Å². The number of hydrogen-bond donors (Lipinski definition) is 4. The van der Waals surface area contributed by atoms with E-state index in [0.717, 1.165) is 11.1 Å². The van der Waals surface area contributed by atoms with Crippen LogP contribution in [0.4, 0.5) is 0 Å². The van der Waals surface area contributed by atoms with Crippen molar-refractivity contribution in [1.29, 1.82) is 0 Å². The van der Waals surface area contributed by atoms with Crippen LogP contribution in [0.2, 0.25) is 0 Å². The molecule has 1 saturated heterocycles. The fourth-order valence-electron chi connectivity index (χ4n) is 2.47. The Morgan fingerprint density at radius 1 is 1.32 bits per heavy atom. The molecule has 1 fully saturated rings. The summed E-state index contributed by atoms with van der Waals surface area (Å²) in [4.78, 5) is 32.9. The zero-order valence-electron chi connectivity index (χ0n) is 12.6. The predicted molar refractivity (Wildman–Crippen MR) is 78.4 cm³/mol. The standard InChI is InChI=1S/C15H21NO6/c1-8(4-3-5-9(2)14(19)20)11-7-16-13(15(21)22)10(11)6-12(17)18/h3-4,9-10,13,16H,5-7H2,1-2H3,(H,17,18)(H,19,20)(H,21,22)/b4-3+,11-8-. The molecule has 3 unspecified atom stereocenters. The van der Waals surface area contributed by atoms with Crippen molar-refractivity contribution in [3.05, 3.63) is 23.3 Å². The summed E-state index contributed by atoms with van der Waals surface area (Å²) in [5.74, 6) is -4.10. The Balaban J connectivity index is 2.89. The first-order valence-corrected chi connectivity index (χ1v) is 7.01. The van der Waals surface area contributed by atoms with Gasteiger partial charge in [-0.15, -0.1) is 0 Å². The van der Waals surface area contributed by atoms with Crippen molar-refractivity contribution in [1.82, 2.24) is 5.32 Å². The molecule has 1 rings (SSSR count). The van der Waals surface area contributed by atoms with Crippen LogP contribution < -0.4 is 5.32 Å². The summed E-state index contributed by atoms with van der Waals surface area (Å²) >= 11 is 0. The van der Waals surface area contributed by atoms with Gasteiger partial charge in [0.2, 0.25) is 0 Å². The molecule has 1 heterocycles. The van der Waals surface area contributed by atoms with Crippen molar-refractivity contribution in [2.75, 3.05) is 6.54 Å². The summed E-state index contributed by atoms with van der Waals surface area (Å²) in [6, 6.07) is -0.910. The second kappa shape index (κ2) is 7.74. The van der Waals surface area contributed by atoms with Gasteiger partial charge in [0.15, 0.2) is 0 Å². The van der Waals surface area contributed by atoms with Crippen LogP contribution in [0.15, 0.2) is 23.3 Å². The molecule has 0 bridgehead atoms.